The molecule has 0 N–H and O–H groups in total. The van der Waals surface area contributed by atoms with Crippen molar-refractivity contribution >= 4 is 12.2 Å². The van der Waals surface area contributed by atoms with Crippen LogP contribution in [-0.2, 0) is 4.74 Å². The maximum Gasteiger partial charge on any atom is 0.111 e. The van der Waals surface area contributed by atoms with Crippen molar-refractivity contribution in [3.8, 4) is 0 Å². The van der Waals surface area contributed by atoms with Gasteiger partial charge >= 0.3 is 0 Å². The van der Waals surface area contributed by atoms with E-state index in [0.29, 0.717) is 18.2 Å². The Labute approximate surface area is 149 Å². The van der Waals surface area contributed by atoms with E-state index in [4.69, 9.17) is 4.74 Å². The average molecular weight is 332 g/mol. The lowest BCUT2D eigenvalue weighted by Crippen LogP contribution is -2.43. The Morgan fingerprint density at radius 1 is 0.960 bits per heavy atom. The molecule has 1 unspecified atom stereocenters. The van der Waals surface area contributed by atoms with Gasteiger partial charge in [-0.05, 0) is 56.0 Å². The minimum atomic E-state index is -0.0253. The molecule has 1 aliphatic carbocycles. The standard InChI is InChI=1S/C22H24N2O/c1-24-16-9-10-17(24)14-18(13-16)25-22-19-6-3-2-5-15(19)8-11-21-20(22)7-4-12-23-21/h2-8,11-12,16-18,22H,9-10,13-14H2,1H3/t16-,17+,18+,22?. The summed E-state index contributed by atoms with van der Waals surface area (Å²) in [6, 6.07) is 14.2. The molecule has 1 aromatic heterocycles. The van der Waals surface area contributed by atoms with Crippen molar-refractivity contribution < 1.29 is 4.74 Å². The summed E-state index contributed by atoms with van der Waals surface area (Å²) in [7, 11) is 2.28. The van der Waals surface area contributed by atoms with Gasteiger partial charge in [-0.2, -0.15) is 0 Å². The van der Waals surface area contributed by atoms with Gasteiger partial charge in [0.05, 0.1) is 11.8 Å². The molecule has 2 saturated heterocycles. The molecule has 3 heteroatoms. The number of aromatic nitrogens is 1. The average Bonchev–Trinajstić information content (AvgIpc) is 2.82. The largest absolute Gasteiger partial charge is 0.365 e. The minimum Gasteiger partial charge on any atom is -0.365 e. The zero-order valence-electron chi connectivity index (χ0n) is 14.6. The third-order valence-electron chi connectivity index (χ3n) is 6.24. The number of hydrogen-bond donors (Lipinski definition) is 0. The van der Waals surface area contributed by atoms with E-state index in [1.165, 1.54) is 29.5 Å². The first-order valence-electron chi connectivity index (χ1n) is 9.39. The van der Waals surface area contributed by atoms with E-state index in [-0.39, 0.29) is 6.10 Å². The molecule has 4 atom stereocenters. The molecule has 3 nitrogen and oxygen atoms in total. The summed E-state index contributed by atoms with van der Waals surface area (Å²) < 4.78 is 6.79. The van der Waals surface area contributed by atoms with Crippen molar-refractivity contribution in [2.45, 2.75) is 50.0 Å². The van der Waals surface area contributed by atoms with Crippen LogP contribution in [0, 0.1) is 0 Å². The van der Waals surface area contributed by atoms with Crippen LogP contribution in [0.4, 0.5) is 0 Å². The first kappa shape index (κ1) is 15.3. The number of fused-ring (bicyclic) bond motifs is 4. The zero-order valence-corrected chi connectivity index (χ0v) is 14.6. The lowest BCUT2D eigenvalue weighted by Gasteiger charge is -2.38. The lowest BCUT2D eigenvalue weighted by atomic mass is 9.96. The van der Waals surface area contributed by atoms with Crippen LogP contribution in [0.5, 0.6) is 0 Å². The maximum absolute atomic E-state index is 6.79. The second kappa shape index (κ2) is 6.08. The number of piperidine rings is 1. The highest BCUT2D eigenvalue weighted by Gasteiger charge is 2.40. The van der Waals surface area contributed by atoms with Gasteiger partial charge in [0.15, 0.2) is 0 Å². The number of hydrogen-bond acceptors (Lipinski definition) is 3. The molecule has 3 aliphatic rings. The van der Waals surface area contributed by atoms with Crippen molar-refractivity contribution in [1.82, 2.24) is 9.88 Å². The van der Waals surface area contributed by atoms with E-state index < -0.39 is 0 Å². The Kier molecular flexibility index (Phi) is 3.72. The molecule has 2 aromatic rings. The lowest BCUT2D eigenvalue weighted by molar-refractivity contribution is -0.0428. The number of ether oxygens (including phenoxy) is 1. The van der Waals surface area contributed by atoms with Gasteiger partial charge in [0.25, 0.3) is 0 Å². The van der Waals surface area contributed by atoms with E-state index in [9.17, 15) is 0 Å². The smallest absolute Gasteiger partial charge is 0.111 e. The molecule has 1 aromatic carbocycles. The predicted molar refractivity (Wildman–Crippen MR) is 100 cm³/mol. The van der Waals surface area contributed by atoms with Gasteiger partial charge in [-0.1, -0.05) is 36.4 Å². The van der Waals surface area contributed by atoms with Gasteiger partial charge in [-0.3, -0.25) is 4.98 Å². The van der Waals surface area contributed by atoms with Gasteiger partial charge in [0.2, 0.25) is 0 Å². The molecule has 2 fully saturated rings. The van der Waals surface area contributed by atoms with Crippen LogP contribution in [0.15, 0.2) is 42.6 Å². The van der Waals surface area contributed by atoms with Crippen LogP contribution in [0.2, 0.25) is 0 Å². The molecule has 0 saturated carbocycles. The molecule has 0 radical (unpaired) electrons. The molecular weight excluding hydrogens is 308 g/mol. The SMILES string of the molecule is CN1[C@@H]2CC[C@H]1C[C@@H](OC1c3ccccc3C=Cc3ncccc31)C2. The van der Waals surface area contributed by atoms with Crippen molar-refractivity contribution in [3.05, 3.63) is 65.0 Å². The summed E-state index contributed by atoms with van der Waals surface area (Å²) in [6.07, 6.45) is 11.4. The molecule has 3 heterocycles. The van der Waals surface area contributed by atoms with Crippen molar-refractivity contribution in [2.24, 2.45) is 0 Å². The normalized spacial score (nSPS) is 30.6. The Bertz CT molecular complexity index is 752. The minimum absolute atomic E-state index is 0.0253. The quantitative estimate of drug-likeness (QED) is 0.820. The Balaban J connectivity index is 1.51. The van der Waals surface area contributed by atoms with Crippen molar-refractivity contribution in [3.63, 3.8) is 0 Å². The number of benzene rings is 1. The molecule has 2 bridgehead atoms. The summed E-state index contributed by atoms with van der Waals surface area (Å²) in [5.41, 5.74) is 4.72. The second-order valence-electron chi connectivity index (χ2n) is 7.60. The van der Waals surface area contributed by atoms with E-state index in [1.54, 1.807) is 0 Å². The Hall–Kier alpha value is -1.97. The first-order chi connectivity index (χ1) is 12.3. The highest BCUT2D eigenvalue weighted by molar-refractivity contribution is 5.74. The van der Waals surface area contributed by atoms with Gasteiger partial charge < -0.3 is 9.64 Å². The Morgan fingerprint density at radius 3 is 2.56 bits per heavy atom. The summed E-state index contributed by atoms with van der Waals surface area (Å²) in [6.45, 7) is 0. The predicted octanol–water partition coefficient (Wildman–Crippen LogP) is 4.30. The third-order valence-corrected chi connectivity index (χ3v) is 6.24. The fourth-order valence-corrected chi connectivity index (χ4v) is 4.84. The van der Waals surface area contributed by atoms with Gasteiger partial charge in [-0.15, -0.1) is 0 Å². The fourth-order valence-electron chi connectivity index (χ4n) is 4.84. The Morgan fingerprint density at radius 2 is 1.72 bits per heavy atom. The van der Waals surface area contributed by atoms with Crippen molar-refractivity contribution in [2.75, 3.05) is 7.05 Å². The van der Waals surface area contributed by atoms with E-state index in [1.807, 2.05) is 12.3 Å². The molecule has 5 rings (SSSR count). The van der Waals surface area contributed by atoms with Crippen LogP contribution in [-0.4, -0.2) is 35.1 Å². The second-order valence-corrected chi connectivity index (χ2v) is 7.60. The topological polar surface area (TPSA) is 25.4 Å². The molecule has 25 heavy (non-hydrogen) atoms. The van der Waals surface area contributed by atoms with Crippen LogP contribution in [0.3, 0.4) is 0 Å². The van der Waals surface area contributed by atoms with E-state index in [2.05, 4.69) is 59.4 Å². The van der Waals surface area contributed by atoms with Gasteiger partial charge in [0.1, 0.15) is 6.10 Å². The van der Waals surface area contributed by atoms with Gasteiger partial charge in [0, 0.05) is 23.8 Å². The number of nitrogens with zero attached hydrogens (tertiary/aromatic N) is 2. The molecular formula is C22H24N2O. The van der Waals surface area contributed by atoms with E-state index in [0.717, 1.165) is 18.5 Å². The summed E-state index contributed by atoms with van der Waals surface area (Å²) in [5, 5.41) is 0. The summed E-state index contributed by atoms with van der Waals surface area (Å²) in [5.74, 6) is 0. The van der Waals surface area contributed by atoms with Crippen LogP contribution >= 0.6 is 0 Å². The van der Waals surface area contributed by atoms with Crippen LogP contribution in [0.25, 0.3) is 12.2 Å². The maximum atomic E-state index is 6.79. The zero-order chi connectivity index (χ0) is 16.8. The first-order valence-corrected chi connectivity index (χ1v) is 9.39. The van der Waals surface area contributed by atoms with Crippen LogP contribution < -0.4 is 0 Å². The molecule has 0 spiro atoms. The molecule has 2 aliphatic heterocycles. The number of rotatable bonds is 2. The fraction of sp³-hybridized carbons (Fsp3) is 0.409. The third kappa shape index (κ3) is 2.62. The van der Waals surface area contributed by atoms with Gasteiger partial charge in [-0.25, -0.2) is 0 Å². The highest BCUT2D eigenvalue weighted by atomic mass is 16.5. The summed E-state index contributed by atoms with van der Waals surface area (Å²) >= 11 is 0. The number of pyridine rings is 1. The van der Waals surface area contributed by atoms with E-state index >= 15 is 0 Å². The van der Waals surface area contributed by atoms with Crippen LogP contribution in [0.1, 0.15) is 54.2 Å². The molecule has 128 valence electrons. The summed E-state index contributed by atoms with van der Waals surface area (Å²) in [4.78, 5) is 7.15. The molecule has 0 amide bonds. The monoisotopic (exact) mass is 332 g/mol. The van der Waals surface area contributed by atoms with Crippen molar-refractivity contribution in [1.29, 1.82) is 0 Å². The highest BCUT2D eigenvalue weighted by Crippen LogP contribution is 2.40.